The Morgan fingerprint density at radius 3 is 2.62 bits per heavy atom. The quantitative estimate of drug-likeness (QED) is 0.753. The number of nitrogens with zero attached hydrogens (tertiary/aromatic N) is 2. The summed E-state index contributed by atoms with van der Waals surface area (Å²) < 4.78 is 19.8. The van der Waals surface area contributed by atoms with Crippen molar-refractivity contribution in [2.24, 2.45) is 5.92 Å². The van der Waals surface area contributed by atoms with Crippen LogP contribution in [0.2, 0.25) is 0 Å². The van der Waals surface area contributed by atoms with Gasteiger partial charge in [0, 0.05) is 25.4 Å². The molecule has 1 aliphatic carbocycles. The van der Waals surface area contributed by atoms with Crippen LogP contribution in [0.3, 0.4) is 0 Å². The summed E-state index contributed by atoms with van der Waals surface area (Å²) in [5.74, 6) is 0.465. The van der Waals surface area contributed by atoms with Crippen LogP contribution in [0, 0.1) is 11.7 Å². The van der Waals surface area contributed by atoms with Crippen molar-refractivity contribution in [1.82, 2.24) is 9.88 Å². The maximum absolute atomic E-state index is 13.4. The highest BCUT2D eigenvalue weighted by atomic mass is 19.1. The van der Waals surface area contributed by atoms with E-state index in [2.05, 4.69) is 4.98 Å². The Hall–Kier alpha value is -2.27. The predicted octanol–water partition coefficient (Wildman–Crippen LogP) is 4.05. The summed E-state index contributed by atoms with van der Waals surface area (Å²) >= 11 is 0. The molecule has 1 aromatic heterocycles. The van der Waals surface area contributed by atoms with Crippen LogP contribution >= 0.6 is 0 Å². The molecular weight excluding hydrogens is 331 g/mol. The number of carbonyl (C=O) groups is 1. The van der Waals surface area contributed by atoms with Crippen LogP contribution in [0.4, 0.5) is 4.39 Å². The molecule has 1 amide bonds. The molecule has 0 N–H and O–H groups in total. The van der Waals surface area contributed by atoms with E-state index in [1.54, 1.807) is 24.5 Å². The normalized spacial score (nSPS) is 19.6. The van der Waals surface area contributed by atoms with E-state index in [9.17, 15) is 9.18 Å². The summed E-state index contributed by atoms with van der Waals surface area (Å²) in [6.45, 7) is 1.38. The third kappa shape index (κ3) is 3.78. The Labute approximate surface area is 153 Å². The number of benzene rings is 1. The molecule has 5 heteroatoms. The van der Waals surface area contributed by atoms with Gasteiger partial charge in [0.05, 0.1) is 12.6 Å². The van der Waals surface area contributed by atoms with E-state index in [1.165, 1.54) is 25.0 Å². The molecule has 0 spiro atoms. The van der Waals surface area contributed by atoms with Crippen LogP contribution in [0.25, 0.3) is 0 Å². The van der Waals surface area contributed by atoms with Gasteiger partial charge in [0.15, 0.2) is 0 Å². The lowest BCUT2D eigenvalue weighted by molar-refractivity contribution is -0.133. The third-order valence-electron chi connectivity index (χ3n) is 5.17. The number of aromatic nitrogens is 1. The molecule has 2 aliphatic rings. The maximum Gasteiger partial charge on any atom is 0.223 e. The second-order valence-corrected chi connectivity index (χ2v) is 7.17. The first kappa shape index (κ1) is 17.2. The van der Waals surface area contributed by atoms with Crippen molar-refractivity contribution in [3.05, 3.63) is 65.7 Å². The second-order valence-electron chi connectivity index (χ2n) is 7.17. The van der Waals surface area contributed by atoms with E-state index >= 15 is 0 Å². The van der Waals surface area contributed by atoms with Gasteiger partial charge in [-0.2, -0.15) is 0 Å². The van der Waals surface area contributed by atoms with Crippen LogP contribution < -0.4 is 0 Å². The summed E-state index contributed by atoms with van der Waals surface area (Å²) in [7, 11) is 0. The lowest BCUT2D eigenvalue weighted by Crippen LogP contribution is -2.35. The molecule has 2 atom stereocenters. The molecule has 2 fully saturated rings. The molecule has 1 aliphatic heterocycles. The topological polar surface area (TPSA) is 42.4 Å². The number of pyridine rings is 1. The van der Waals surface area contributed by atoms with Gasteiger partial charge in [0.1, 0.15) is 11.9 Å². The first-order chi connectivity index (χ1) is 12.7. The number of likely N-dealkylation sites (tertiary alicyclic amines) is 1. The van der Waals surface area contributed by atoms with Gasteiger partial charge < -0.3 is 9.64 Å². The number of ether oxygens (including phenoxy) is 1. The fourth-order valence-electron chi connectivity index (χ4n) is 3.58. The number of rotatable bonds is 7. The average Bonchev–Trinajstić information content (AvgIpc) is 3.41. The summed E-state index contributed by atoms with van der Waals surface area (Å²) in [5, 5.41) is 0. The predicted molar refractivity (Wildman–Crippen MR) is 95.7 cm³/mol. The second kappa shape index (κ2) is 7.54. The number of hydrogen-bond donors (Lipinski definition) is 0. The Morgan fingerprint density at radius 1 is 1.19 bits per heavy atom. The fraction of sp³-hybridized carbons (Fsp3) is 0.429. The molecule has 2 aromatic rings. The van der Waals surface area contributed by atoms with Crippen molar-refractivity contribution in [2.45, 2.75) is 37.8 Å². The minimum atomic E-state index is -0.331. The van der Waals surface area contributed by atoms with Gasteiger partial charge in [0.25, 0.3) is 0 Å². The zero-order chi connectivity index (χ0) is 17.9. The van der Waals surface area contributed by atoms with E-state index in [1.807, 2.05) is 17.0 Å². The van der Waals surface area contributed by atoms with E-state index in [0.717, 1.165) is 17.5 Å². The largest absolute Gasteiger partial charge is 0.371 e. The van der Waals surface area contributed by atoms with Crippen molar-refractivity contribution in [2.75, 3.05) is 13.2 Å². The van der Waals surface area contributed by atoms with Crippen LogP contribution in [0.1, 0.15) is 49.0 Å². The van der Waals surface area contributed by atoms with Crippen molar-refractivity contribution < 1.29 is 13.9 Å². The van der Waals surface area contributed by atoms with E-state index in [-0.39, 0.29) is 23.9 Å². The third-order valence-corrected chi connectivity index (χ3v) is 5.17. The molecule has 1 aromatic carbocycles. The Bertz CT molecular complexity index is 746. The maximum atomic E-state index is 13.4. The number of hydrogen-bond acceptors (Lipinski definition) is 3. The molecule has 1 saturated carbocycles. The van der Waals surface area contributed by atoms with Gasteiger partial charge in [-0.05, 0) is 54.5 Å². The Morgan fingerprint density at radius 2 is 2.00 bits per heavy atom. The van der Waals surface area contributed by atoms with Crippen molar-refractivity contribution >= 4 is 5.91 Å². The summed E-state index contributed by atoms with van der Waals surface area (Å²) in [6.07, 6.45) is 7.00. The monoisotopic (exact) mass is 354 g/mol. The number of halogens is 1. The average molecular weight is 354 g/mol. The smallest absolute Gasteiger partial charge is 0.223 e. The molecule has 0 radical (unpaired) electrons. The minimum absolute atomic E-state index is 0.140. The van der Waals surface area contributed by atoms with Crippen molar-refractivity contribution in [3.8, 4) is 0 Å². The van der Waals surface area contributed by atoms with E-state index in [0.29, 0.717) is 25.5 Å². The summed E-state index contributed by atoms with van der Waals surface area (Å²) in [6, 6.07) is 10.0. The Kier molecular flexibility index (Phi) is 4.98. The molecule has 26 heavy (non-hydrogen) atoms. The highest BCUT2D eigenvalue weighted by Gasteiger charge is 2.37. The standard InChI is InChI=1S/C21H23FN2O2/c22-18-9-7-16(8-10-18)21(26-14-15-5-6-15)20(17-3-1-11-23-13-17)24-12-2-4-19(24)25/h1,3,7-11,13,15,20-21H,2,4-6,12,14H2/t20-,21+/m1/s1. The zero-order valence-electron chi connectivity index (χ0n) is 14.7. The highest BCUT2D eigenvalue weighted by Crippen LogP contribution is 2.41. The molecule has 0 bridgehead atoms. The number of carbonyl (C=O) groups excluding carboxylic acids is 1. The summed E-state index contributed by atoms with van der Waals surface area (Å²) in [4.78, 5) is 18.7. The zero-order valence-corrected chi connectivity index (χ0v) is 14.7. The van der Waals surface area contributed by atoms with Crippen molar-refractivity contribution in [1.29, 1.82) is 0 Å². The molecule has 4 nitrogen and oxygen atoms in total. The SMILES string of the molecule is O=C1CCCN1[C@H](c1cccnc1)[C@@H](OCC1CC1)c1ccc(F)cc1. The summed E-state index contributed by atoms with van der Waals surface area (Å²) in [5.41, 5.74) is 1.84. The van der Waals surface area contributed by atoms with Crippen molar-refractivity contribution in [3.63, 3.8) is 0 Å². The fourth-order valence-corrected chi connectivity index (χ4v) is 3.58. The minimum Gasteiger partial charge on any atom is -0.371 e. The molecule has 2 heterocycles. The molecule has 0 unspecified atom stereocenters. The first-order valence-electron chi connectivity index (χ1n) is 9.29. The Balaban J connectivity index is 1.71. The van der Waals surface area contributed by atoms with Gasteiger partial charge in [0.2, 0.25) is 5.91 Å². The molecule has 4 rings (SSSR count). The van der Waals surface area contributed by atoms with E-state index < -0.39 is 0 Å². The molecule has 1 saturated heterocycles. The van der Waals surface area contributed by atoms with Gasteiger partial charge in [-0.1, -0.05) is 18.2 Å². The number of amides is 1. The van der Waals surface area contributed by atoms with E-state index in [4.69, 9.17) is 4.74 Å². The first-order valence-corrected chi connectivity index (χ1v) is 9.29. The van der Waals surface area contributed by atoms with Crippen LogP contribution in [0.15, 0.2) is 48.8 Å². The lowest BCUT2D eigenvalue weighted by Gasteiger charge is -2.35. The van der Waals surface area contributed by atoms with Gasteiger partial charge >= 0.3 is 0 Å². The lowest BCUT2D eigenvalue weighted by atomic mass is 9.95. The highest BCUT2D eigenvalue weighted by molar-refractivity contribution is 5.78. The van der Waals surface area contributed by atoms with Crippen LogP contribution in [0.5, 0.6) is 0 Å². The van der Waals surface area contributed by atoms with Gasteiger partial charge in [-0.25, -0.2) is 4.39 Å². The van der Waals surface area contributed by atoms with Gasteiger partial charge in [-0.15, -0.1) is 0 Å². The van der Waals surface area contributed by atoms with Crippen LogP contribution in [-0.4, -0.2) is 28.9 Å². The van der Waals surface area contributed by atoms with Crippen LogP contribution in [-0.2, 0) is 9.53 Å². The molecular formula is C21H23FN2O2. The van der Waals surface area contributed by atoms with Gasteiger partial charge in [-0.3, -0.25) is 9.78 Å². The molecule has 136 valence electrons.